The molecule has 4 aromatic rings. The predicted molar refractivity (Wildman–Crippen MR) is 195 cm³/mol. The maximum Gasteiger partial charge on any atom is 0.265 e. The lowest BCUT2D eigenvalue weighted by atomic mass is 9.58. The van der Waals surface area contributed by atoms with Gasteiger partial charge < -0.3 is 18.8 Å². The van der Waals surface area contributed by atoms with Crippen LogP contribution in [0.25, 0.3) is 10.8 Å². The summed E-state index contributed by atoms with van der Waals surface area (Å²) in [6.07, 6.45) is 0.982. The van der Waals surface area contributed by atoms with Gasteiger partial charge >= 0.3 is 0 Å². The van der Waals surface area contributed by atoms with E-state index in [0.29, 0.717) is 24.2 Å². The number of carbonyl (C=O) groups excluding carboxylic acids is 2. The van der Waals surface area contributed by atoms with Gasteiger partial charge in [-0.1, -0.05) is 79.2 Å². The number of aliphatic hydroxyl groups excluding tert-OH is 1. The molecule has 0 unspecified atom stereocenters. The molecule has 0 fully saturated rings. The number of ketones is 2. The molecule has 3 aromatic carbocycles. The Morgan fingerprint density at radius 2 is 1.78 bits per heavy atom. The Bertz CT molecular complexity index is 2050. The second kappa shape index (κ2) is 11.8. The molecule has 1 heterocycles. The van der Waals surface area contributed by atoms with Gasteiger partial charge in [0.05, 0.1) is 6.04 Å². The zero-order valence-corrected chi connectivity index (χ0v) is 31.9. The van der Waals surface area contributed by atoms with E-state index in [9.17, 15) is 9.90 Å². The zero-order valence-electron chi connectivity index (χ0n) is 29.3. The Morgan fingerprint density at radius 1 is 1.06 bits per heavy atom. The number of aromatic nitrogens is 1. The second-order valence-corrected chi connectivity index (χ2v) is 21.1. The number of rotatable bonds is 6. The number of allylic oxidation sites excluding steroid dienone is 1. The number of ether oxygens (including phenoxy) is 1. The number of benzene rings is 3. The fourth-order valence-corrected chi connectivity index (χ4v) is 9.92. The van der Waals surface area contributed by atoms with Crippen molar-refractivity contribution in [1.29, 1.82) is 0 Å². The number of nitrogens with zero attached hydrogens (tertiary/aromatic N) is 2. The van der Waals surface area contributed by atoms with Crippen molar-refractivity contribution in [2.45, 2.75) is 76.9 Å². The van der Waals surface area contributed by atoms with E-state index >= 15 is 4.79 Å². The van der Waals surface area contributed by atoms with Crippen LogP contribution in [0.2, 0.25) is 18.1 Å². The van der Waals surface area contributed by atoms with Crippen LogP contribution >= 0.6 is 15.9 Å². The highest BCUT2D eigenvalue weighted by atomic mass is 79.9. The van der Waals surface area contributed by atoms with E-state index in [1.807, 2.05) is 74.4 Å². The molecule has 0 aliphatic heterocycles. The SMILES string of the molecule is Cc1c2c(cc3c(Br)cccc13)C[C@H]1C[C@H]3[C@H](N(C)C)c4onc(OCc5ccccc5)c4C(=O)[C@@]3(O[Si](C)(C)C(C)(C)C)C(O)=C1C2=O. The third kappa shape index (κ3) is 5.08. The van der Waals surface area contributed by atoms with Crippen LogP contribution in [0.15, 0.2) is 74.9 Å². The fraction of sp³-hybridized carbons (Fsp3) is 0.410. The summed E-state index contributed by atoms with van der Waals surface area (Å²) in [6.45, 7) is 12.6. The molecule has 49 heavy (non-hydrogen) atoms. The minimum Gasteiger partial charge on any atom is -0.508 e. The molecule has 256 valence electrons. The lowest BCUT2D eigenvalue weighted by Crippen LogP contribution is -2.65. The molecular weight excluding hydrogens is 700 g/mol. The Morgan fingerprint density at radius 3 is 2.45 bits per heavy atom. The summed E-state index contributed by atoms with van der Waals surface area (Å²) in [7, 11) is 1.07. The molecule has 0 radical (unpaired) electrons. The smallest absolute Gasteiger partial charge is 0.265 e. The van der Waals surface area contributed by atoms with Gasteiger partial charge in [-0.2, -0.15) is 0 Å². The highest BCUT2D eigenvalue weighted by Gasteiger charge is 2.67. The van der Waals surface area contributed by atoms with E-state index in [0.717, 1.165) is 31.9 Å². The van der Waals surface area contributed by atoms with Crippen molar-refractivity contribution in [3.8, 4) is 5.88 Å². The first kappa shape index (κ1) is 33.9. The molecule has 4 atom stereocenters. The number of aryl methyl sites for hydroxylation is 1. The maximum atomic E-state index is 15.3. The van der Waals surface area contributed by atoms with Gasteiger partial charge in [-0.15, -0.1) is 0 Å². The Hall–Kier alpha value is -3.57. The average Bonchev–Trinajstić information content (AvgIpc) is 3.45. The van der Waals surface area contributed by atoms with Gasteiger partial charge in [-0.3, -0.25) is 14.5 Å². The quantitative estimate of drug-likeness (QED) is 0.196. The molecule has 7 rings (SSSR count). The molecule has 0 amide bonds. The van der Waals surface area contributed by atoms with E-state index < -0.39 is 31.7 Å². The van der Waals surface area contributed by atoms with Gasteiger partial charge in [-0.25, -0.2) is 0 Å². The first-order chi connectivity index (χ1) is 23.1. The molecular formula is C39H43BrN2O6Si. The summed E-state index contributed by atoms with van der Waals surface area (Å²) in [5, 5.41) is 18.8. The normalized spacial score (nSPS) is 23.8. The lowest BCUT2D eigenvalue weighted by molar-refractivity contribution is -0.0480. The standard InChI is InChI=1S/C39H43BrN2O6Si/c1-21-25-15-12-16-28(40)26(25)18-23-17-24-19-27-32(42(5)6)34-31(37(41-47-34)46-20-22-13-10-9-11-14-22)36(45)39(27,48-49(7,8)38(2,3)4)35(44)30(24)33(43)29(21)23/h9-16,18,24,27,32,44H,17,19-20H2,1-8H3/t24-,27-,32-,39-/m0/s1. The first-order valence-electron chi connectivity index (χ1n) is 16.8. The van der Waals surface area contributed by atoms with Crippen molar-refractivity contribution in [2.24, 2.45) is 11.8 Å². The van der Waals surface area contributed by atoms with Crippen molar-refractivity contribution < 1.29 is 28.4 Å². The third-order valence-corrected chi connectivity index (χ3v) is 16.5. The minimum absolute atomic E-state index is 0.0560. The molecule has 0 saturated heterocycles. The summed E-state index contributed by atoms with van der Waals surface area (Å²) in [6, 6.07) is 17.2. The van der Waals surface area contributed by atoms with E-state index in [1.165, 1.54) is 0 Å². The number of aliphatic hydroxyl groups is 1. The summed E-state index contributed by atoms with van der Waals surface area (Å²) in [5.41, 5.74) is 1.90. The van der Waals surface area contributed by atoms with Gasteiger partial charge in [0.1, 0.15) is 17.9 Å². The second-order valence-electron chi connectivity index (χ2n) is 15.5. The monoisotopic (exact) mass is 742 g/mol. The largest absolute Gasteiger partial charge is 0.508 e. The van der Waals surface area contributed by atoms with E-state index in [4.69, 9.17) is 13.7 Å². The van der Waals surface area contributed by atoms with Crippen molar-refractivity contribution in [2.75, 3.05) is 14.1 Å². The highest BCUT2D eigenvalue weighted by molar-refractivity contribution is 9.10. The molecule has 0 saturated carbocycles. The van der Waals surface area contributed by atoms with Gasteiger partial charge in [0.2, 0.25) is 5.78 Å². The van der Waals surface area contributed by atoms with Crippen LogP contribution in [0, 0.1) is 18.8 Å². The van der Waals surface area contributed by atoms with Crippen LogP contribution in [0.4, 0.5) is 0 Å². The van der Waals surface area contributed by atoms with Crippen LogP contribution in [0.5, 0.6) is 5.88 Å². The molecule has 3 aliphatic carbocycles. The Labute approximate surface area is 296 Å². The highest BCUT2D eigenvalue weighted by Crippen LogP contribution is 2.59. The maximum absolute atomic E-state index is 15.3. The number of Topliss-reactive ketones (excluding diaryl/α,β-unsaturated/α-hetero) is 2. The topological polar surface area (TPSA) is 102 Å². The van der Waals surface area contributed by atoms with Crippen LogP contribution in [-0.2, 0) is 17.5 Å². The molecule has 1 aromatic heterocycles. The summed E-state index contributed by atoms with van der Waals surface area (Å²) in [4.78, 5) is 32.1. The molecule has 0 bridgehead atoms. The fourth-order valence-electron chi connectivity index (χ4n) is 7.99. The van der Waals surface area contributed by atoms with Gasteiger partial charge in [0, 0.05) is 21.5 Å². The molecule has 1 N–H and O–H groups in total. The van der Waals surface area contributed by atoms with E-state index in [-0.39, 0.29) is 46.1 Å². The Kier molecular flexibility index (Phi) is 8.13. The first-order valence-corrected chi connectivity index (χ1v) is 20.5. The average molecular weight is 744 g/mol. The van der Waals surface area contributed by atoms with E-state index in [2.05, 4.69) is 61.0 Å². The van der Waals surface area contributed by atoms with Crippen LogP contribution in [0.1, 0.15) is 76.4 Å². The van der Waals surface area contributed by atoms with Crippen molar-refractivity contribution >= 4 is 46.6 Å². The number of halogens is 1. The van der Waals surface area contributed by atoms with E-state index in [1.54, 1.807) is 0 Å². The van der Waals surface area contributed by atoms with Gasteiger partial charge in [-0.05, 0) is 103 Å². The van der Waals surface area contributed by atoms with Crippen LogP contribution in [0.3, 0.4) is 0 Å². The summed E-state index contributed by atoms with van der Waals surface area (Å²) in [5.74, 6) is -1.44. The third-order valence-electron chi connectivity index (χ3n) is 11.4. The van der Waals surface area contributed by atoms with Crippen molar-refractivity contribution in [3.05, 3.63) is 104 Å². The number of fused-ring (bicyclic) bond motifs is 5. The van der Waals surface area contributed by atoms with Crippen LogP contribution in [-0.4, -0.2) is 54.7 Å². The van der Waals surface area contributed by atoms with Crippen molar-refractivity contribution in [1.82, 2.24) is 10.1 Å². The number of carbonyl (C=O) groups is 2. The van der Waals surface area contributed by atoms with Gasteiger partial charge in [0.15, 0.2) is 25.5 Å². The molecule has 0 spiro atoms. The number of hydrogen-bond donors (Lipinski definition) is 1. The zero-order chi connectivity index (χ0) is 35.2. The minimum atomic E-state index is -2.79. The van der Waals surface area contributed by atoms with Crippen molar-refractivity contribution in [3.63, 3.8) is 0 Å². The molecule has 10 heteroatoms. The van der Waals surface area contributed by atoms with Gasteiger partial charge in [0.25, 0.3) is 5.88 Å². The predicted octanol–water partition coefficient (Wildman–Crippen LogP) is 8.92. The van der Waals surface area contributed by atoms with Crippen LogP contribution < -0.4 is 4.74 Å². The number of hydrogen-bond acceptors (Lipinski definition) is 8. The summed E-state index contributed by atoms with van der Waals surface area (Å²) >= 11 is 3.70. The molecule has 8 nitrogen and oxygen atoms in total. The Balaban J connectivity index is 1.45. The lowest BCUT2D eigenvalue weighted by Gasteiger charge is -2.55. The summed E-state index contributed by atoms with van der Waals surface area (Å²) < 4.78 is 20.4. The molecule has 3 aliphatic rings.